The van der Waals surface area contributed by atoms with Gasteiger partial charge in [0.15, 0.2) is 5.58 Å². The Morgan fingerprint density at radius 3 is 2.53 bits per heavy atom. The first-order valence-electron chi connectivity index (χ1n) is 7.08. The number of thioether (sulfide) groups is 1. The Kier molecular flexibility index (Phi) is 6.24. The number of para-hydroxylation sites is 2. The average Bonchev–Trinajstić information content (AvgIpc) is 2.84. The van der Waals surface area contributed by atoms with E-state index in [1.54, 1.807) is 11.8 Å². The SMILES string of the molecule is NCCCCCCCCSc1nc2ccccc2o1. The standard InChI is InChI=1S/C15H22N2OS/c16-11-7-3-1-2-4-8-12-19-15-17-13-9-5-6-10-14(13)18-15/h5-6,9-10H,1-4,7-8,11-12,16H2. The second-order valence-electron chi connectivity index (χ2n) is 4.71. The van der Waals surface area contributed by atoms with E-state index < -0.39 is 0 Å². The van der Waals surface area contributed by atoms with E-state index in [1.165, 1.54) is 32.1 Å². The van der Waals surface area contributed by atoms with E-state index >= 15 is 0 Å². The van der Waals surface area contributed by atoms with Crippen molar-refractivity contribution >= 4 is 22.9 Å². The molecule has 0 fully saturated rings. The Hall–Kier alpha value is -1.00. The predicted molar refractivity (Wildman–Crippen MR) is 81.5 cm³/mol. The molecule has 0 radical (unpaired) electrons. The number of nitrogens with two attached hydrogens (primary N) is 1. The Morgan fingerprint density at radius 2 is 1.74 bits per heavy atom. The van der Waals surface area contributed by atoms with Crippen LogP contribution in [0.3, 0.4) is 0 Å². The molecule has 0 spiro atoms. The largest absolute Gasteiger partial charge is 0.431 e. The molecule has 0 aliphatic rings. The van der Waals surface area contributed by atoms with Crippen LogP contribution in [-0.4, -0.2) is 17.3 Å². The Balaban J connectivity index is 1.60. The molecule has 0 aliphatic carbocycles. The summed E-state index contributed by atoms with van der Waals surface area (Å²) in [6.45, 7) is 0.827. The molecule has 4 heteroatoms. The van der Waals surface area contributed by atoms with Crippen molar-refractivity contribution in [3.8, 4) is 0 Å². The van der Waals surface area contributed by atoms with Crippen molar-refractivity contribution in [3.63, 3.8) is 0 Å². The summed E-state index contributed by atoms with van der Waals surface area (Å²) in [7, 11) is 0. The lowest BCUT2D eigenvalue weighted by atomic mass is 10.1. The molecule has 19 heavy (non-hydrogen) atoms. The minimum Gasteiger partial charge on any atom is -0.431 e. The smallest absolute Gasteiger partial charge is 0.256 e. The molecule has 0 saturated heterocycles. The Morgan fingerprint density at radius 1 is 1.00 bits per heavy atom. The highest BCUT2D eigenvalue weighted by atomic mass is 32.2. The van der Waals surface area contributed by atoms with Crippen molar-refractivity contribution in [2.75, 3.05) is 12.3 Å². The third-order valence-electron chi connectivity index (χ3n) is 3.10. The van der Waals surface area contributed by atoms with Crippen LogP contribution in [0.4, 0.5) is 0 Å². The first-order chi connectivity index (χ1) is 9.40. The molecule has 0 aliphatic heterocycles. The molecule has 0 saturated carbocycles. The van der Waals surface area contributed by atoms with E-state index in [-0.39, 0.29) is 0 Å². The van der Waals surface area contributed by atoms with Gasteiger partial charge in [-0.05, 0) is 31.5 Å². The number of unbranched alkanes of at least 4 members (excludes halogenated alkanes) is 5. The van der Waals surface area contributed by atoms with Crippen molar-refractivity contribution in [2.24, 2.45) is 5.73 Å². The molecule has 1 heterocycles. The second kappa shape index (κ2) is 8.23. The lowest BCUT2D eigenvalue weighted by molar-refractivity contribution is 0.489. The summed E-state index contributed by atoms with van der Waals surface area (Å²) in [6.07, 6.45) is 7.58. The van der Waals surface area contributed by atoms with Crippen molar-refractivity contribution < 1.29 is 4.42 Å². The number of oxazole rings is 1. The lowest BCUT2D eigenvalue weighted by Crippen LogP contribution is -1.97. The van der Waals surface area contributed by atoms with Crippen molar-refractivity contribution in [3.05, 3.63) is 24.3 Å². The van der Waals surface area contributed by atoms with Crippen molar-refractivity contribution in [1.82, 2.24) is 4.98 Å². The van der Waals surface area contributed by atoms with E-state index in [4.69, 9.17) is 10.2 Å². The fraction of sp³-hybridized carbons (Fsp3) is 0.533. The minimum atomic E-state index is 0.796. The van der Waals surface area contributed by atoms with E-state index in [2.05, 4.69) is 4.98 Å². The highest BCUT2D eigenvalue weighted by molar-refractivity contribution is 7.99. The van der Waals surface area contributed by atoms with E-state index in [0.29, 0.717) is 0 Å². The van der Waals surface area contributed by atoms with Crippen LogP contribution in [0.2, 0.25) is 0 Å². The summed E-state index contributed by atoms with van der Waals surface area (Å²) >= 11 is 1.72. The van der Waals surface area contributed by atoms with Gasteiger partial charge in [0.2, 0.25) is 0 Å². The van der Waals surface area contributed by atoms with Crippen LogP contribution in [-0.2, 0) is 0 Å². The maximum atomic E-state index is 5.67. The van der Waals surface area contributed by atoms with Gasteiger partial charge < -0.3 is 10.2 Å². The summed E-state index contributed by atoms with van der Waals surface area (Å²) in [5.74, 6) is 1.09. The normalized spacial score (nSPS) is 11.2. The highest BCUT2D eigenvalue weighted by Crippen LogP contribution is 2.24. The van der Waals surface area contributed by atoms with Crippen LogP contribution in [0.25, 0.3) is 11.1 Å². The number of hydrogen-bond acceptors (Lipinski definition) is 4. The molecule has 0 amide bonds. The fourth-order valence-electron chi connectivity index (χ4n) is 2.03. The minimum absolute atomic E-state index is 0.796. The number of benzene rings is 1. The molecule has 1 aromatic heterocycles. The van der Waals surface area contributed by atoms with Gasteiger partial charge >= 0.3 is 0 Å². The topological polar surface area (TPSA) is 52.0 Å². The number of nitrogens with zero attached hydrogens (tertiary/aromatic N) is 1. The molecule has 2 rings (SSSR count). The van der Waals surface area contributed by atoms with Crippen molar-refractivity contribution in [1.29, 1.82) is 0 Å². The van der Waals surface area contributed by atoms with E-state index in [0.717, 1.165) is 35.0 Å². The summed E-state index contributed by atoms with van der Waals surface area (Å²) in [5.41, 5.74) is 7.30. The molecular weight excluding hydrogens is 256 g/mol. The summed E-state index contributed by atoms with van der Waals surface area (Å²) < 4.78 is 5.67. The van der Waals surface area contributed by atoms with E-state index in [9.17, 15) is 0 Å². The molecule has 0 bridgehead atoms. The Labute approximate surface area is 119 Å². The van der Waals surface area contributed by atoms with Gasteiger partial charge in [-0.25, -0.2) is 4.98 Å². The van der Waals surface area contributed by atoms with E-state index in [1.807, 2.05) is 24.3 Å². The van der Waals surface area contributed by atoms with Crippen molar-refractivity contribution in [2.45, 2.75) is 43.7 Å². The van der Waals surface area contributed by atoms with Gasteiger partial charge in [-0.3, -0.25) is 0 Å². The molecule has 2 aromatic rings. The zero-order chi connectivity index (χ0) is 13.3. The first-order valence-corrected chi connectivity index (χ1v) is 8.07. The van der Waals surface area contributed by atoms with Gasteiger partial charge in [0.25, 0.3) is 5.22 Å². The van der Waals surface area contributed by atoms with Crippen LogP contribution in [0, 0.1) is 0 Å². The quantitative estimate of drug-likeness (QED) is 0.551. The highest BCUT2D eigenvalue weighted by Gasteiger charge is 2.04. The van der Waals surface area contributed by atoms with Crippen LogP contribution in [0.1, 0.15) is 38.5 Å². The van der Waals surface area contributed by atoms with Gasteiger partial charge in [0.1, 0.15) is 5.52 Å². The van der Waals surface area contributed by atoms with Gasteiger partial charge in [0, 0.05) is 5.75 Å². The molecular formula is C15H22N2OS. The second-order valence-corrected chi connectivity index (χ2v) is 5.75. The zero-order valence-corrected chi connectivity index (χ0v) is 12.1. The first kappa shape index (κ1) is 14.4. The summed E-state index contributed by atoms with van der Waals surface area (Å²) in [5, 5.41) is 0.796. The van der Waals surface area contributed by atoms with Crippen LogP contribution >= 0.6 is 11.8 Å². The molecule has 3 nitrogen and oxygen atoms in total. The Bertz CT molecular complexity index is 451. The number of rotatable bonds is 9. The van der Waals surface area contributed by atoms with Gasteiger partial charge in [-0.15, -0.1) is 0 Å². The predicted octanol–water partition coefficient (Wildman–Crippen LogP) is 4.22. The van der Waals surface area contributed by atoms with Gasteiger partial charge in [-0.1, -0.05) is 49.6 Å². The average molecular weight is 278 g/mol. The summed E-state index contributed by atoms with van der Waals surface area (Å²) in [4.78, 5) is 4.45. The zero-order valence-electron chi connectivity index (χ0n) is 11.3. The number of fused-ring (bicyclic) bond motifs is 1. The van der Waals surface area contributed by atoms with Crippen LogP contribution in [0.5, 0.6) is 0 Å². The van der Waals surface area contributed by atoms with Gasteiger partial charge in [-0.2, -0.15) is 0 Å². The summed E-state index contributed by atoms with van der Waals surface area (Å²) in [6, 6.07) is 7.91. The molecule has 104 valence electrons. The van der Waals surface area contributed by atoms with Crippen LogP contribution in [0.15, 0.2) is 33.9 Å². The fourth-order valence-corrected chi connectivity index (χ4v) is 2.86. The third kappa shape index (κ3) is 4.88. The molecule has 2 N–H and O–H groups in total. The monoisotopic (exact) mass is 278 g/mol. The molecule has 0 atom stereocenters. The molecule has 1 aromatic carbocycles. The third-order valence-corrected chi connectivity index (χ3v) is 4.01. The van der Waals surface area contributed by atoms with Gasteiger partial charge in [0.05, 0.1) is 0 Å². The maximum absolute atomic E-state index is 5.67. The number of hydrogen-bond donors (Lipinski definition) is 1. The molecule has 0 unspecified atom stereocenters. The maximum Gasteiger partial charge on any atom is 0.256 e. The van der Waals surface area contributed by atoms with Crippen LogP contribution < -0.4 is 5.73 Å². The lowest BCUT2D eigenvalue weighted by Gasteiger charge is -1.99. The number of aromatic nitrogens is 1.